The van der Waals surface area contributed by atoms with Crippen LogP contribution < -0.4 is 0 Å². The highest BCUT2D eigenvalue weighted by Crippen LogP contribution is 2.07. The molecule has 0 bridgehead atoms. The lowest BCUT2D eigenvalue weighted by Gasteiger charge is -2.02. The van der Waals surface area contributed by atoms with Gasteiger partial charge in [-0.05, 0) is 31.2 Å². The first kappa shape index (κ1) is 27.9. The van der Waals surface area contributed by atoms with Crippen molar-refractivity contribution in [1.82, 2.24) is 9.97 Å². The third-order valence-corrected chi connectivity index (χ3v) is 3.63. The average Bonchev–Trinajstić information content (AvgIpc) is 2.58. The molecule has 1 atom stereocenters. The average molecular weight is 339 g/mol. The maximum atomic E-state index is 4.25. The zero-order valence-corrected chi connectivity index (χ0v) is 18.4. The van der Waals surface area contributed by atoms with E-state index in [-0.39, 0.29) is 0 Å². The number of hydrogen-bond donors (Lipinski definition) is 0. The molecule has 0 aliphatic heterocycles. The molecule has 1 rings (SSSR count). The summed E-state index contributed by atoms with van der Waals surface area (Å²) in [5, 5.41) is 0. The number of rotatable bonds is 6. The van der Waals surface area contributed by atoms with E-state index < -0.39 is 0 Å². The molecule has 1 aromatic heterocycles. The summed E-state index contributed by atoms with van der Waals surface area (Å²) < 4.78 is 0. The van der Waals surface area contributed by atoms with Crippen LogP contribution in [0.3, 0.4) is 0 Å². The molecule has 1 unspecified atom stereocenters. The Bertz CT molecular complexity index is 334. The van der Waals surface area contributed by atoms with Crippen LogP contribution in [0.1, 0.15) is 106 Å². The predicted octanol–water partition coefficient (Wildman–Crippen LogP) is 7.65. The molecule has 0 aromatic carbocycles. The first-order valence-electron chi connectivity index (χ1n) is 10.2. The highest BCUT2D eigenvalue weighted by atomic mass is 14.9. The van der Waals surface area contributed by atoms with Gasteiger partial charge in [0.05, 0.1) is 0 Å². The van der Waals surface area contributed by atoms with Gasteiger partial charge in [-0.15, -0.1) is 0 Å². The Morgan fingerprint density at radius 3 is 1.75 bits per heavy atom. The van der Waals surface area contributed by atoms with E-state index in [4.69, 9.17) is 0 Å². The zero-order valence-electron chi connectivity index (χ0n) is 18.4. The van der Waals surface area contributed by atoms with Gasteiger partial charge >= 0.3 is 0 Å². The van der Waals surface area contributed by atoms with Gasteiger partial charge in [-0.25, -0.2) is 9.97 Å². The van der Waals surface area contributed by atoms with Gasteiger partial charge in [0.25, 0.3) is 0 Å². The first-order valence-corrected chi connectivity index (χ1v) is 10.2. The third kappa shape index (κ3) is 23.3. The van der Waals surface area contributed by atoms with Crippen molar-refractivity contribution >= 4 is 0 Å². The van der Waals surface area contributed by atoms with E-state index in [1.807, 2.05) is 33.0 Å². The summed E-state index contributed by atoms with van der Waals surface area (Å²) in [4.78, 5) is 8.26. The molecule has 2 heteroatoms. The van der Waals surface area contributed by atoms with Gasteiger partial charge < -0.3 is 0 Å². The second kappa shape index (κ2) is 22.1. The molecule has 24 heavy (non-hydrogen) atoms. The zero-order chi connectivity index (χ0) is 19.4. The molecule has 0 saturated carbocycles. The standard InChI is InChI=1S/C8H12N2.C7H16.C5H12.C2H6/c1-3-4-8-5-6-9-7(2)10-8;1-4-6-7(3)5-2;1-4-5(2)3;1-2/h5-6H,3-4H2,1-2H3;7H,4-6H2,1-3H3;5H,4H2,1-3H3;1-2H3. The molecule has 0 fully saturated rings. The van der Waals surface area contributed by atoms with E-state index in [1.165, 1.54) is 25.7 Å². The molecule has 0 aliphatic rings. The minimum Gasteiger partial charge on any atom is -0.242 e. The van der Waals surface area contributed by atoms with E-state index >= 15 is 0 Å². The van der Waals surface area contributed by atoms with Gasteiger partial charge in [0.2, 0.25) is 0 Å². The lowest BCUT2D eigenvalue weighted by Crippen LogP contribution is -1.92. The molecular formula is C22H46N2. The summed E-state index contributed by atoms with van der Waals surface area (Å²) in [6.45, 7) is 21.5. The largest absolute Gasteiger partial charge is 0.242 e. The lowest BCUT2D eigenvalue weighted by atomic mass is 10.0. The summed E-state index contributed by atoms with van der Waals surface area (Å²) in [5.74, 6) is 2.70. The Morgan fingerprint density at radius 1 is 0.917 bits per heavy atom. The van der Waals surface area contributed by atoms with Crippen LogP contribution in [-0.2, 0) is 6.42 Å². The van der Waals surface area contributed by atoms with Crippen LogP contribution >= 0.6 is 0 Å². The fraction of sp³-hybridized carbons (Fsp3) is 0.818. The van der Waals surface area contributed by atoms with Gasteiger partial charge in [-0.2, -0.15) is 0 Å². The molecular weight excluding hydrogens is 292 g/mol. The number of hydrogen-bond acceptors (Lipinski definition) is 2. The summed E-state index contributed by atoms with van der Waals surface area (Å²) >= 11 is 0. The second-order valence-corrected chi connectivity index (χ2v) is 6.45. The summed E-state index contributed by atoms with van der Waals surface area (Å²) in [6.07, 6.45) is 9.41. The molecule has 0 N–H and O–H groups in total. The van der Waals surface area contributed by atoms with Gasteiger partial charge in [0.15, 0.2) is 0 Å². The second-order valence-electron chi connectivity index (χ2n) is 6.45. The van der Waals surface area contributed by atoms with Crippen molar-refractivity contribution in [2.45, 2.75) is 108 Å². The van der Waals surface area contributed by atoms with E-state index in [0.29, 0.717) is 0 Å². The summed E-state index contributed by atoms with van der Waals surface area (Å²) in [7, 11) is 0. The van der Waals surface area contributed by atoms with Crippen molar-refractivity contribution in [1.29, 1.82) is 0 Å². The molecule has 0 spiro atoms. The van der Waals surface area contributed by atoms with Crippen molar-refractivity contribution in [2.75, 3.05) is 0 Å². The number of aromatic nitrogens is 2. The van der Waals surface area contributed by atoms with Gasteiger partial charge in [-0.1, -0.05) is 94.4 Å². The Balaban J connectivity index is -0.000000278. The van der Waals surface area contributed by atoms with Gasteiger partial charge in [-0.3, -0.25) is 0 Å². The first-order chi connectivity index (χ1) is 11.4. The van der Waals surface area contributed by atoms with Crippen molar-refractivity contribution in [2.24, 2.45) is 11.8 Å². The van der Waals surface area contributed by atoms with Crippen LogP contribution in [0.25, 0.3) is 0 Å². The van der Waals surface area contributed by atoms with Crippen LogP contribution in [0.2, 0.25) is 0 Å². The lowest BCUT2D eigenvalue weighted by molar-refractivity contribution is 0.509. The van der Waals surface area contributed by atoms with Crippen LogP contribution in [0.15, 0.2) is 12.3 Å². The Labute approximate surface area is 153 Å². The maximum Gasteiger partial charge on any atom is 0.125 e. The molecule has 0 aliphatic carbocycles. The van der Waals surface area contributed by atoms with E-state index in [2.05, 4.69) is 58.4 Å². The van der Waals surface area contributed by atoms with Crippen LogP contribution in [-0.4, -0.2) is 9.97 Å². The smallest absolute Gasteiger partial charge is 0.125 e. The molecule has 1 aromatic rings. The predicted molar refractivity (Wildman–Crippen MR) is 112 cm³/mol. The quantitative estimate of drug-likeness (QED) is 0.532. The topological polar surface area (TPSA) is 25.8 Å². The van der Waals surface area contributed by atoms with E-state index in [0.717, 1.165) is 36.2 Å². The van der Waals surface area contributed by atoms with Crippen molar-refractivity contribution in [3.63, 3.8) is 0 Å². The number of aryl methyl sites for hydroxylation is 2. The molecule has 0 saturated heterocycles. The van der Waals surface area contributed by atoms with Crippen molar-refractivity contribution < 1.29 is 0 Å². The minimum atomic E-state index is 0.867. The molecule has 0 radical (unpaired) electrons. The fourth-order valence-electron chi connectivity index (χ4n) is 1.60. The van der Waals surface area contributed by atoms with Gasteiger partial charge in [0.1, 0.15) is 5.82 Å². The SMILES string of the molecule is CC.CCC(C)C.CCCC(C)CC.CCCc1ccnc(C)n1. The van der Waals surface area contributed by atoms with Gasteiger partial charge in [0, 0.05) is 11.9 Å². The van der Waals surface area contributed by atoms with Crippen LogP contribution in [0.4, 0.5) is 0 Å². The van der Waals surface area contributed by atoms with E-state index in [1.54, 1.807) is 0 Å². The summed E-state index contributed by atoms with van der Waals surface area (Å²) in [6, 6.07) is 1.97. The van der Waals surface area contributed by atoms with E-state index in [9.17, 15) is 0 Å². The normalized spacial score (nSPS) is 10.5. The Hall–Kier alpha value is -0.920. The monoisotopic (exact) mass is 338 g/mol. The highest BCUT2D eigenvalue weighted by molar-refractivity contribution is 5.01. The Morgan fingerprint density at radius 2 is 1.46 bits per heavy atom. The van der Waals surface area contributed by atoms with Crippen LogP contribution in [0, 0.1) is 18.8 Å². The minimum absolute atomic E-state index is 0.867. The highest BCUT2D eigenvalue weighted by Gasteiger charge is 1.93. The third-order valence-electron chi connectivity index (χ3n) is 3.63. The molecule has 1 heterocycles. The van der Waals surface area contributed by atoms with Crippen molar-refractivity contribution in [3.05, 3.63) is 23.8 Å². The van der Waals surface area contributed by atoms with Crippen molar-refractivity contribution in [3.8, 4) is 0 Å². The molecule has 144 valence electrons. The van der Waals surface area contributed by atoms with Crippen LogP contribution in [0.5, 0.6) is 0 Å². The molecule has 2 nitrogen and oxygen atoms in total. The fourth-order valence-corrected chi connectivity index (χ4v) is 1.60. The molecule has 0 amide bonds. The number of nitrogens with zero attached hydrogens (tertiary/aromatic N) is 2. The maximum absolute atomic E-state index is 4.25. The summed E-state index contributed by atoms with van der Waals surface area (Å²) in [5.41, 5.74) is 1.15. The Kier molecular flexibility index (Phi) is 25.7.